The number of carbonyl (C=O) groups excluding carboxylic acids is 2. The van der Waals surface area contributed by atoms with Crippen molar-refractivity contribution < 1.29 is 19.1 Å². The lowest BCUT2D eigenvalue weighted by atomic mass is 9.94. The molecule has 0 unspecified atom stereocenters. The van der Waals surface area contributed by atoms with E-state index in [-0.39, 0.29) is 12.5 Å². The van der Waals surface area contributed by atoms with E-state index in [4.69, 9.17) is 9.47 Å². The second-order valence-electron chi connectivity index (χ2n) is 5.82. The fourth-order valence-electron chi connectivity index (χ4n) is 2.97. The van der Waals surface area contributed by atoms with Crippen LogP contribution in [0.2, 0.25) is 0 Å². The van der Waals surface area contributed by atoms with Gasteiger partial charge in [0, 0.05) is 12.2 Å². The number of hydrogen-bond acceptors (Lipinski definition) is 6. The van der Waals surface area contributed by atoms with Gasteiger partial charge in [-0.1, -0.05) is 36.5 Å². The molecule has 3 rings (SSSR count). The van der Waals surface area contributed by atoms with Gasteiger partial charge in [0.25, 0.3) is 0 Å². The first-order valence-corrected chi connectivity index (χ1v) is 9.21. The molecule has 0 N–H and O–H groups in total. The van der Waals surface area contributed by atoms with Gasteiger partial charge in [0.2, 0.25) is 5.91 Å². The van der Waals surface area contributed by atoms with Crippen LogP contribution in [0.1, 0.15) is 24.9 Å². The Morgan fingerprint density at radius 3 is 2.81 bits per heavy atom. The number of thioether (sulfide) groups is 1. The summed E-state index contributed by atoms with van der Waals surface area (Å²) >= 11 is 1.52. The summed E-state index contributed by atoms with van der Waals surface area (Å²) in [6.07, 6.45) is 1.92. The zero-order chi connectivity index (χ0) is 18.7. The molecule has 2 aliphatic heterocycles. The van der Waals surface area contributed by atoms with Gasteiger partial charge in [0.1, 0.15) is 12.4 Å². The van der Waals surface area contributed by atoms with E-state index in [1.807, 2.05) is 24.3 Å². The maximum absolute atomic E-state index is 12.7. The zero-order valence-corrected chi connectivity index (χ0v) is 15.5. The van der Waals surface area contributed by atoms with Crippen molar-refractivity contribution in [3.8, 4) is 5.75 Å². The van der Waals surface area contributed by atoms with Crippen LogP contribution in [-0.2, 0) is 14.3 Å². The van der Waals surface area contributed by atoms with Gasteiger partial charge in [-0.2, -0.15) is 0 Å². The van der Waals surface area contributed by atoms with Gasteiger partial charge in [-0.25, -0.2) is 9.79 Å². The number of benzene rings is 1. The Morgan fingerprint density at radius 2 is 2.15 bits per heavy atom. The van der Waals surface area contributed by atoms with E-state index in [9.17, 15) is 9.59 Å². The number of hydrogen-bond donors (Lipinski definition) is 0. The predicted molar refractivity (Wildman–Crippen MR) is 101 cm³/mol. The number of carbonyl (C=O) groups is 2. The summed E-state index contributed by atoms with van der Waals surface area (Å²) in [5.74, 6) is 0.848. The second kappa shape index (κ2) is 7.78. The normalized spacial score (nSPS) is 19.6. The summed E-state index contributed by atoms with van der Waals surface area (Å²) < 4.78 is 10.5. The first kappa shape index (κ1) is 18.3. The van der Waals surface area contributed by atoms with Crippen LogP contribution in [0, 0.1) is 0 Å². The smallest absolute Gasteiger partial charge is 0.338 e. The highest BCUT2D eigenvalue weighted by Gasteiger charge is 2.41. The van der Waals surface area contributed by atoms with Crippen LogP contribution in [0.5, 0.6) is 5.75 Å². The van der Waals surface area contributed by atoms with Crippen LogP contribution < -0.4 is 4.74 Å². The Morgan fingerprint density at radius 1 is 1.42 bits per heavy atom. The first-order chi connectivity index (χ1) is 12.6. The molecule has 1 aromatic rings. The maximum atomic E-state index is 12.7. The Hall–Kier alpha value is -2.54. The number of fused-ring (bicyclic) bond motifs is 1. The highest BCUT2D eigenvalue weighted by Crippen LogP contribution is 2.40. The number of amides is 1. The SMILES string of the molecule is C=CCOC(=O)C1=C(C)N=C2SCCC(=O)N2[C@H]1c1ccc(OC)cc1. The quantitative estimate of drug-likeness (QED) is 0.587. The summed E-state index contributed by atoms with van der Waals surface area (Å²) in [5, 5.41) is 0.625. The van der Waals surface area contributed by atoms with Crippen molar-refractivity contribution in [1.82, 2.24) is 4.90 Å². The van der Waals surface area contributed by atoms with E-state index in [2.05, 4.69) is 11.6 Å². The Labute approximate surface area is 156 Å². The van der Waals surface area contributed by atoms with Crippen molar-refractivity contribution in [1.29, 1.82) is 0 Å². The fraction of sp³-hybridized carbons (Fsp3) is 0.316. The third-order valence-electron chi connectivity index (χ3n) is 4.19. The number of allylic oxidation sites excluding steroid dienone is 1. The van der Waals surface area contributed by atoms with Crippen LogP contribution in [0.3, 0.4) is 0 Å². The van der Waals surface area contributed by atoms with Crippen molar-refractivity contribution in [3.63, 3.8) is 0 Å². The highest BCUT2D eigenvalue weighted by molar-refractivity contribution is 8.14. The van der Waals surface area contributed by atoms with Crippen molar-refractivity contribution in [3.05, 3.63) is 53.8 Å². The van der Waals surface area contributed by atoms with E-state index in [0.29, 0.717) is 34.4 Å². The minimum Gasteiger partial charge on any atom is -0.497 e. The minimum absolute atomic E-state index is 0.0511. The molecule has 0 spiro atoms. The van der Waals surface area contributed by atoms with Crippen LogP contribution in [0.25, 0.3) is 0 Å². The van der Waals surface area contributed by atoms with E-state index < -0.39 is 12.0 Å². The van der Waals surface area contributed by atoms with Crippen molar-refractivity contribution in [2.24, 2.45) is 4.99 Å². The van der Waals surface area contributed by atoms with Crippen LogP contribution in [-0.4, -0.2) is 41.4 Å². The number of ether oxygens (including phenoxy) is 2. The number of methoxy groups -OCH3 is 1. The van der Waals surface area contributed by atoms with E-state index >= 15 is 0 Å². The number of esters is 1. The number of nitrogens with zero attached hydrogens (tertiary/aromatic N) is 2. The summed E-state index contributed by atoms with van der Waals surface area (Å²) in [4.78, 5) is 31.4. The minimum atomic E-state index is -0.564. The predicted octanol–water partition coefficient (Wildman–Crippen LogP) is 3.07. The molecule has 1 atom stereocenters. The molecular formula is C19H20N2O4S. The van der Waals surface area contributed by atoms with Gasteiger partial charge in [-0.15, -0.1) is 0 Å². The van der Waals surface area contributed by atoms with Crippen LogP contribution in [0.4, 0.5) is 0 Å². The molecule has 1 fully saturated rings. The standard InChI is InChI=1S/C19H20N2O4S/c1-4-10-25-18(23)16-12(2)20-19-21(15(22)9-11-26-19)17(16)13-5-7-14(24-3)8-6-13/h4-8,17H,1,9-11H2,2-3H3/t17-/m0/s1. The molecule has 1 saturated heterocycles. The molecule has 0 saturated carbocycles. The lowest BCUT2D eigenvalue weighted by molar-refractivity contribution is -0.139. The molecule has 1 aromatic carbocycles. The number of rotatable bonds is 5. The Kier molecular flexibility index (Phi) is 5.46. The Balaban J connectivity index is 2.09. The van der Waals surface area contributed by atoms with Gasteiger partial charge in [0.15, 0.2) is 5.17 Å². The molecule has 7 heteroatoms. The van der Waals surface area contributed by atoms with Crippen LogP contribution in [0.15, 0.2) is 53.2 Å². The van der Waals surface area contributed by atoms with Crippen molar-refractivity contribution in [2.75, 3.05) is 19.5 Å². The molecule has 0 bridgehead atoms. The molecular weight excluding hydrogens is 352 g/mol. The van der Waals surface area contributed by atoms with Crippen LogP contribution >= 0.6 is 11.8 Å². The van der Waals surface area contributed by atoms with Crippen molar-refractivity contribution in [2.45, 2.75) is 19.4 Å². The fourth-order valence-corrected chi connectivity index (χ4v) is 3.98. The molecule has 0 aromatic heterocycles. The molecule has 1 amide bonds. The second-order valence-corrected chi connectivity index (χ2v) is 6.88. The average Bonchev–Trinajstić information content (AvgIpc) is 2.65. The third-order valence-corrected chi connectivity index (χ3v) is 5.14. The third kappa shape index (κ3) is 3.39. The topological polar surface area (TPSA) is 68.2 Å². The monoisotopic (exact) mass is 372 g/mol. The molecule has 136 valence electrons. The summed E-state index contributed by atoms with van der Waals surface area (Å²) in [6.45, 7) is 5.44. The lowest BCUT2D eigenvalue weighted by Crippen LogP contribution is -2.45. The van der Waals surface area contributed by atoms with Gasteiger partial charge in [-0.3, -0.25) is 9.69 Å². The zero-order valence-electron chi connectivity index (χ0n) is 14.7. The Bertz CT molecular complexity index is 798. The van der Waals surface area contributed by atoms with Crippen molar-refractivity contribution >= 4 is 28.8 Å². The molecule has 26 heavy (non-hydrogen) atoms. The summed E-state index contributed by atoms with van der Waals surface area (Å²) in [5.41, 5.74) is 1.74. The van der Waals surface area contributed by atoms with E-state index in [1.54, 1.807) is 18.9 Å². The molecule has 2 heterocycles. The summed E-state index contributed by atoms with van der Waals surface area (Å²) in [6, 6.07) is 6.76. The van der Waals surface area contributed by atoms with E-state index in [0.717, 1.165) is 5.56 Å². The maximum Gasteiger partial charge on any atom is 0.338 e. The lowest BCUT2D eigenvalue weighted by Gasteiger charge is -2.38. The molecule has 6 nitrogen and oxygen atoms in total. The van der Waals surface area contributed by atoms with Gasteiger partial charge in [-0.05, 0) is 24.6 Å². The van der Waals surface area contributed by atoms with Gasteiger partial charge in [0.05, 0.1) is 24.4 Å². The largest absolute Gasteiger partial charge is 0.497 e. The number of aliphatic imine (C=N–C) groups is 1. The first-order valence-electron chi connectivity index (χ1n) is 8.23. The van der Waals surface area contributed by atoms with E-state index in [1.165, 1.54) is 17.8 Å². The average molecular weight is 372 g/mol. The molecule has 2 aliphatic rings. The summed E-state index contributed by atoms with van der Waals surface area (Å²) in [7, 11) is 1.59. The van der Waals surface area contributed by atoms with Gasteiger partial charge >= 0.3 is 5.97 Å². The van der Waals surface area contributed by atoms with Gasteiger partial charge < -0.3 is 9.47 Å². The number of amidine groups is 1. The molecule has 0 radical (unpaired) electrons. The highest BCUT2D eigenvalue weighted by atomic mass is 32.2. The molecule has 0 aliphatic carbocycles.